The Morgan fingerprint density at radius 2 is 2.02 bits per heavy atom. The summed E-state index contributed by atoms with van der Waals surface area (Å²) in [5, 5.41) is 9.88. The van der Waals surface area contributed by atoms with E-state index in [2.05, 4.69) is 36.5 Å². The Morgan fingerprint density at radius 3 is 2.70 bits per heavy atom. The van der Waals surface area contributed by atoms with Crippen molar-refractivity contribution < 1.29 is 27.5 Å². The standard InChI is InChI=1S/C25H22BrF3N6O3S2/c1-2-38-23(37)18-16(11-35-12-25(28,29)10-17(35)21(36)34-24-31-6-8-40-24)32-20(22-30-5-7-39-22)33-19(18)14-4-3-13(27)9-15(14)26/h3-9,17,19H,2,10-12H2,1H3,(H,32,33)(H,31,34,36)/t17-,19-/m0/s1. The number of amidine groups is 1. The Balaban J connectivity index is 1.57. The molecule has 1 amide bonds. The van der Waals surface area contributed by atoms with Gasteiger partial charge in [0.25, 0.3) is 5.92 Å². The zero-order chi connectivity index (χ0) is 28.4. The molecule has 2 aromatic heterocycles. The van der Waals surface area contributed by atoms with Gasteiger partial charge in [0.1, 0.15) is 11.9 Å². The number of benzene rings is 1. The van der Waals surface area contributed by atoms with Crippen molar-refractivity contribution in [3.05, 3.63) is 73.5 Å². The minimum Gasteiger partial charge on any atom is -0.463 e. The highest BCUT2D eigenvalue weighted by Gasteiger charge is 2.49. The van der Waals surface area contributed by atoms with E-state index in [0.29, 0.717) is 26.0 Å². The second-order valence-corrected chi connectivity index (χ2v) is 11.6. The zero-order valence-electron chi connectivity index (χ0n) is 20.9. The van der Waals surface area contributed by atoms with Crippen molar-refractivity contribution in [2.45, 2.75) is 31.4 Å². The number of alkyl halides is 2. The van der Waals surface area contributed by atoms with E-state index in [1.165, 1.54) is 52.0 Å². The summed E-state index contributed by atoms with van der Waals surface area (Å²) in [6.45, 7) is 0.760. The Morgan fingerprint density at radius 1 is 1.25 bits per heavy atom. The monoisotopic (exact) mass is 654 g/mol. The van der Waals surface area contributed by atoms with Crippen molar-refractivity contribution in [2.24, 2.45) is 4.99 Å². The van der Waals surface area contributed by atoms with E-state index in [1.54, 1.807) is 23.9 Å². The first-order valence-electron chi connectivity index (χ1n) is 12.1. The number of carbonyl (C=O) groups excluding carboxylic acids is 2. The van der Waals surface area contributed by atoms with E-state index in [4.69, 9.17) is 9.73 Å². The number of nitrogens with one attached hydrogen (secondary N) is 2. The van der Waals surface area contributed by atoms with Gasteiger partial charge in [-0.2, -0.15) is 0 Å². The molecular weight excluding hydrogens is 633 g/mol. The molecule has 2 N–H and O–H groups in total. The van der Waals surface area contributed by atoms with Crippen LogP contribution in [0, 0.1) is 5.82 Å². The molecule has 15 heteroatoms. The van der Waals surface area contributed by atoms with Crippen LogP contribution in [0.15, 0.2) is 62.1 Å². The normalized spacial score (nSPS) is 20.7. The number of halogens is 4. The number of anilines is 1. The number of likely N-dealkylation sites (tertiary alicyclic amines) is 1. The highest BCUT2D eigenvalue weighted by Crippen LogP contribution is 2.39. The third-order valence-corrected chi connectivity index (χ3v) is 8.36. The summed E-state index contributed by atoms with van der Waals surface area (Å²) in [5.41, 5.74) is 0.746. The number of thiazole rings is 2. The maximum absolute atomic E-state index is 14.7. The summed E-state index contributed by atoms with van der Waals surface area (Å²) in [6.07, 6.45) is 2.38. The van der Waals surface area contributed by atoms with E-state index in [-0.39, 0.29) is 24.4 Å². The summed E-state index contributed by atoms with van der Waals surface area (Å²) in [6, 6.07) is 1.80. The molecule has 0 bridgehead atoms. The highest BCUT2D eigenvalue weighted by atomic mass is 79.9. The molecule has 1 aromatic carbocycles. The van der Waals surface area contributed by atoms with Crippen LogP contribution in [-0.4, -0.2) is 64.2 Å². The maximum atomic E-state index is 14.7. The van der Waals surface area contributed by atoms with Gasteiger partial charge in [-0.3, -0.25) is 14.7 Å². The lowest BCUT2D eigenvalue weighted by atomic mass is 9.95. The van der Waals surface area contributed by atoms with Crippen molar-refractivity contribution in [2.75, 3.05) is 25.0 Å². The molecule has 2 aliphatic heterocycles. The number of ether oxygens (including phenoxy) is 1. The topological polar surface area (TPSA) is 109 Å². The molecule has 0 aliphatic carbocycles. The van der Waals surface area contributed by atoms with E-state index < -0.39 is 48.7 Å². The molecule has 0 spiro atoms. The molecule has 1 fully saturated rings. The summed E-state index contributed by atoms with van der Waals surface area (Å²) < 4.78 is 49.1. The number of aromatic nitrogens is 2. The van der Waals surface area contributed by atoms with E-state index in [0.717, 1.165) is 0 Å². The van der Waals surface area contributed by atoms with Gasteiger partial charge in [-0.1, -0.05) is 22.0 Å². The number of esters is 1. The summed E-state index contributed by atoms with van der Waals surface area (Å²) in [5.74, 6) is -4.69. The van der Waals surface area contributed by atoms with Crippen LogP contribution in [0.4, 0.5) is 18.3 Å². The van der Waals surface area contributed by atoms with Crippen molar-refractivity contribution in [3.63, 3.8) is 0 Å². The average molecular weight is 656 g/mol. The fourth-order valence-corrected chi connectivity index (χ4v) is 6.24. The highest BCUT2D eigenvalue weighted by molar-refractivity contribution is 9.10. The van der Waals surface area contributed by atoms with E-state index in [9.17, 15) is 22.8 Å². The number of hydrogen-bond donors (Lipinski definition) is 2. The number of aliphatic imine (C=N–C) groups is 1. The Labute approximate surface area is 243 Å². The van der Waals surface area contributed by atoms with Gasteiger partial charge in [0.2, 0.25) is 5.91 Å². The van der Waals surface area contributed by atoms with Crippen LogP contribution in [-0.2, 0) is 14.3 Å². The fourth-order valence-electron chi connectivity index (χ4n) is 4.55. The van der Waals surface area contributed by atoms with Crippen molar-refractivity contribution in [1.29, 1.82) is 0 Å². The van der Waals surface area contributed by atoms with Crippen LogP contribution in [0.5, 0.6) is 0 Å². The van der Waals surface area contributed by atoms with Crippen LogP contribution >= 0.6 is 38.6 Å². The van der Waals surface area contributed by atoms with Crippen LogP contribution in [0.3, 0.4) is 0 Å². The molecule has 3 aromatic rings. The predicted molar refractivity (Wildman–Crippen MR) is 148 cm³/mol. The lowest BCUT2D eigenvalue weighted by Gasteiger charge is -2.31. The first-order chi connectivity index (χ1) is 19.1. The smallest absolute Gasteiger partial charge is 0.338 e. The first-order valence-corrected chi connectivity index (χ1v) is 14.6. The number of amides is 1. The average Bonchev–Trinajstić information content (AvgIpc) is 3.66. The molecular formula is C25H22BrF3N6O3S2. The van der Waals surface area contributed by atoms with Gasteiger partial charge >= 0.3 is 5.97 Å². The number of carbonyl (C=O) groups is 2. The third-order valence-electron chi connectivity index (χ3n) is 6.21. The second kappa shape index (κ2) is 11.8. The Bertz CT molecular complexity index is 1470. The molecule has 2 aliphatic rings. The molecule has 5 rings (SSSR count). The SMILES string of the molecule is CCOC(=O)C1=C(CN2CC(F)(F)C[C@H]2C(=O)Nc2nccs2)NC(c2nccs2)=N[C@H]1c1ccc(F)cc1Br. The quantitative estimate of drug-likeness (QED) is 0.337. The molecule has 1 saturated heterocycles. The second-order valence-electron chi connectivity index (χ2n) is 8.93. The number of nitrogens with zero attached hydrogens (tertiary/aromatic N) is 4. The van der Waals surface area contributed by atoms with Gasteiger partial charge in [0.05, 0.1) is 24.8 Å². The summed E-state index contributed by atoms with van der Waals surface area (Å²) in [4.78, 5) is 40.7. The summed E-state index contributed by atoms with van der Waals surface area (Å²) in [7, 11) is 0. The molecule has 0 saturated carbocycles. The van der Waals surface area contributed by atoms with E-state index in [1.807, 2.05) is 0 Å². The lowest BCUT2D eigenvalue weighted by Crippen LogP contribution is -2.45. The fraction of sp³-hybridized carbons (Fsp3) is 0.320. The van der Waals surface area contributed by atoms with Crippen molar-refractivity contribution >= 4 is 61.4 Å². The van der Waals surface area contributed by atoms with Crippen LogP contribution in [0.25, 0.3) is 0 Å². The van der Waals surface area contributed by atoms with Crippen molar-refractivity contribution in [1.82, 2.24) is 20.2 Å². The Hall–Kier alpha value is -3.14. The van der Waals surface area contributed by atoms with Gasteiger partial charge in [-0.25, -0.2) is 27.9 Å². The van der Waals surface area contributed by atoms with E-state index >= 15 is 0 Å². The molecule has 9 nitrogen and oxygen atoms in total. The molecule has 4 heterocycles. The molecule has 210 valence electrons. The largest absolute Gasteiger partial charge is 0.463 e. The van der Waals surface area contributed by atoms with Gasteiger partial charge < -0.3 is 15.4 Å². The summed E-state index contributed by atoms with van der Waals surface area (Å²) >= 11 is 5.82. The third kappa shape index (κ3) is 6.11. The Kier molecular flexibility index (Phi) is 8.35. The minimum absolute atomic E-state index is 0.0522. The molecule has 0 unspecified atom stereocenters. The zero-order valence-corrected chi connectivity index (χ0v) is 24.1. The number of hydrogen-bond acceptors (Lipinski definition) is 10. The lowest BCUT2D eigenvalue weighted by molar-refractivity contribution is -0.139. The molecule has 40 heavy (non-hydrogen) atoms. The minimum atomic E-state index is -3.14. The van der Waals surface area contributed by atoms with Crippen LogP contribution < -0.4 is 10.6 Å². The molecule has 2 atom stereocenters. The van der Waals surface area contributed by atoms with Gasteiger partial charge in [0.15, 0.2) is 16.0 Å². The maximum Gasteiger partial charge on any atom is 0.338 e. The molecule has 0 radical (unpaired) electrons. The van der Waals surface area contributed by atoms with Crippen molar-refractivity contribution in [3.8, 4) is 0 Å². The van der Waals surface area contributed by atoms with Gasteiger partial charge in [0, 0.05) is 46.3 Å². The van der Waals surface area contributed by atoms with Gasteiger partial charge in [-0.15, -0.1) is 22.7 Å². The van der Waals surface area contributed by atoms with Crippen LogP contribution in [0.1, 0.15) is 30.0 Å². The number of rotatable bonds is 8. The van der Waals surface area contributed by atoms with Gasteiger partial charge in [-0.05, 0) is 24.6 Å². The predicted octanol–water partition coefficient (Wildman–Crippen LogP) is 4.76. The van der Waals surface area contributed by atoms with Crippen LogP contribution in [0.2, 0.25) is 0 Å². The first kappa shape index (κ1) is 28.4.